The average Bonchev–Trinajstić information content (AvgIpc) is 3.26. The first kappa shape index (κ1) is 17.5. The van der Waals surface area contributed by atoms with Crippen LogP contribution >= 0.6 is 0 Å². The summed E-state index contributed by atoms with van der Waals surface area (Å²) in [6, 6.07) is 2.36. The highest BCUT2D eigenvalue weighted by Gasteiger charge is 2.29. The number of anilines is 1. The summed E-state index contributed by atoms with van der Waals surface area (Å²) >= 11 is 0. The molecule has 2 saturated carbocycles. The number of hydrogen-bond acceptors (Lipinski definition) is 5. The molecule has 0 aliphatic heterocycles. The molecule has 2 aliphatic carbocycles. The molecule has 0 bridgehead atoms. The second-order valence-corrected chi connectivity index (χ2v) is 7.72. The van der Waals surface area contributed by atoms with Crippen molar-refractivity contribution in [2.24, 2.45) is 0 Å². The highest BCUT2D eigenvalue weighted by molar-refractivity contribution is 5.38. The SMILES string of the molecule is Cc1cc(C)n(-c2cncc(N[C@H]3CCCC[C@H]3OC3CCCC3)n2)n1. The first-order valence-electron chi connectivity index (χ1n) is 9.97. The summed E-state index contributed by atoms with van der Waals surface area (Å²) < 4.78 is 8.29. The molecule has 2 aliphatic rings. The van der Waals surface area contributed by atoms with Crippen molar-refractivity contribution in [2.75, 3.05) is 5.32 Å². The molecule has 2 aromatic rings. The van der Waals surface area contributed by atoms with Gasteiger partial charge in [0.25, 0.3) is 0 Å². The Kier molecular flexibility index (Phi) is 5.20. The standard InChI is InChI=1S/C20H29N5O/c1-14-11-15(2)25(24-14)20-13-21-12-19(23-20)22-17-9-5-6-10-18(17)26-16-7-3-4-8-16/h11-13,16-18H,3-10H2,1-2H3,(H,22,23)/t17-,18+/m0/s1. The molecule has 0 saturated heterocycles. The van der Waals surface area contributed by atoms with Crippen molar-refractivity contribution in [3.05, 3.63) is 29.8 Å². The minimum absolute atomic E-state index is 0.283. The maximum Gasteiger partial charge on any atom is 0.174 e. The van der Waals surface area contributed by atoms with E-state index in [1.54, 1.807) is 12.4 Å². The lowest BCUT2D eigenvalue weighted by Gasteiger charge is -2.34. The summed E-state index contributed by atoms with van der Waals surface area (Å²) in [4.78, 5) is 9.13. The Hall–Kier alpha value is -1.95. The van der Waals surface area contributed by atoms with E-state index >= 15 is 0 Å². The molecule has 140 valence electrons. The number of rotatable bonds is 5. The van der Waals surface area contributed by atoms with Crippen LogP contribution in [0.1, 0.15) is 62.8 Å². The zero-order chi connectivity index (χ0) is 17.9. The van der Waals surface area contributed by atoms with Crippen molar-refractivity contribution in [1.29, 1.82) is 0 Å². The molecule has 1 N–H and O–H groups in total. The van der Waals surface area contributed by atoms with Crippen molar-refractivity contribution >= 4 is 5.82 Å². The molecule has 6 heteroatoms. The molecule has 2 atom stereocenters. The van der Waals surface area contributed by atoms with Crippen LogP contribution in [0.2, 0.25) is 0 Å². The van der Waals surface area contributed by atoms with Crippen molar-refractivity contribution in [2.45, 2.75) is 83.5 Å². The number of aryl methyl sites for hydroxylation is 2. The first-order chi connectivity index (χ1) is 12.7. The van der Waals surface area contributed by atoms with Gasteiger partial charge in [-0.2, -0.15) is 5.10 Å². The van der Waals surface area contributed by atoms with Crippen LogP contribution in [0.3, 0.4) is 0 Å². The second kappa shape index (κ2) is 7.74. The van der Waals surface area contributed by atoms with Gasteiger partial charge in [0.2, 0.25) is 0 Å². The monoisotopic (exact) mass is 355 g/mol. The van der Waals surface area contributed by atoms with Gasteiger partial charge in [-0.1, -0.05) is 25.7 Å². The Bertz CT molecular complexity index is 738. The molecular weight excluding hydrogens is 326 g/mol. The predicted octanol–water partition coefficient (Wildman–Crippen LogP) is 3.96. The maximum atomic E-state index is 6.45. The molecule has 4 rings (SSSR count). The molecule has 2 fully saturated rings. The molecule has 0 unspecified atom stereocenters. The van der Waals surface area contributed by atoms with Crippen LogP contribution in [0.4, 0.5) is 5.82 Å². The summed E-state index contributed by atoms with van der Waals surface area (Å²) in [5.74, 6) is 1.56. The number of aromatic nitrogens is 4. The van der Waals surface area contributed by atoms with Crippen LogP contribution in [0.5, 0.6) is 0 Å². The van der Waals surface area contributed by atoms with Gasteiger partial charge in [-0.25, -0.2) is 9.67 Å². The quantitative estimate of drug-likeness (QED) is 0.879. The van der Waals surface area contributed by atoms with Crippen molar-refractivity contribution in [3.63, 3.8) is 0 Å². The van der Waals surface area contributed by atoms with Crippen LogP contribution < -0.4 is 5.32 Å². The van der Waals surface area contributed by atoms with Crippen LogP contribution in [-0.4, -0.2) is 38.0 Å². The van der Waals surface area contributed by atoms with E-state index in [4.69, 9.17) is 9.72 Å². The van der Waals surface area contributed by atoms with Gasteiger partial charge >= 0.3 is 0 Å². The Morgan fingerprint density at radius 3 is 2.58 bits per heavy atom. The Morgan fingerprint density at radius 1 is 1.04 bits per heavy atom. The van der Waals surface area contributed by atoms with Gasteiger partial charge in [-0.05, 0) is 45.6 Å². The summed E-state index contributed by atoms with van der Waals surface area (Å²) in [6.45, 7) is 4.03. The first-order valence-corrected chi connectivity index (χ1v) is 9.97. The van der Waals surface area contributed by atoms with Crippen LogP contribution in [0.25, 0.3) is 5.82 Å². The fraction of sp³-hybridized carbons (Fsp3) is 0.650. The number of hydrogen-bond donors (Lipinski definition) is 1. The third-order valence-electron chi connectivity index (χ3n) is 5.55. The third kappa shape index (κ3) is 3.90. The summed E-state index contributed by atoms with van der Waals surface area (Å²) in [7, 11) is 0. The lowest BCUT2D eigenvalue weighted by Crippen LogP contribution is -2.40. The maximum absolute atomic E-state index is 6.45. The van der Waals surface area contributed by atoms with Gasteiger partial charge in [0, 0.05) is 5.69 Å². The van der Waals surface area contributed by atoms with Crippen molar-refractivity contribution in [3.8, 4) is 5.82 Å². The molecule has 0 aromatic carbocycles. The lowest BCUT2D eigenvalue weighted by molar-refractivity contribution is -0.0322. The second-order valence-electron chi connectivity index (χ2n) is 7.72. The Balaban J connectivity index is 1.48. The van der Waals surface area contributed by atoms with Crippen molar-refractivity contribution in [1.82, 2.24) is 19.7 Å². The number of nitrogens with one attached hydrogen (secondary N) is 1. The number of ether oxygens (including phenoxy) is 1. The van der Waals surface area contributed by atoms with E-state index in [9.17, 15) is 0 Å². The molecule has 2 aromatic heterocycles. The highest BCUT2D eigenvalue weighted by Crippen LogP contribution is 2.29. The van der Waals surface area contributed by atoms with E-state index in [-0.39, 0.29) is 6.10 Å². The van der Waals surface area contributed by atoms with E-state index in [1.165, 1.54) is 38.5 Å². The van der Waals surface area contributed by atoms with E-state index < -0.39 is 0 Å². The summed E-state index contributed by atoms with van der Waals surface area (Å²) in [6.07, 6.45) is 14.1. The molecule has 0 radical (unpaired) electrons. The molecule has 0 spiro atoms. The zero-order valence-electron chi connectivity index (χ0n) is 15.8. The van der Waals surface area contributed by atoms with Gasteiger partial charge in [0.05, 0.1) is 36.3 Å². The minimum Gasteiger partial charge on any atom is -0.373 e. The van der Waals surface area contributed by atoms with E-state index in [0.29, 0.717) is 12.1 Å². The highest BCUT2D eigenvalue weighted by atomic mass is 16.5. The Labute approximate surface area is 155 Å². The van der Waals surface area contributed by atoms with E-state index in [0.717, 1.165) is 35.9 Å². The molecular formula is C20H29N5O. The largest absolute Gasteiger partial charge is 0.373 e. The van der Waals surface area contributed by atoms with Crippen LogP contribution in [-0.2, 0) is 4.74 Å². The Morgan fingerprint density at radius 2 is 1.81 bits per heavy atom. The van der Waals surface area contributed by atoms with Gasteiger partial charge < -0.3 is 10.1 Å². The summed E-state index contributed by atoms with van der Waals surface area (Å²) in [5.41, 5.74) is 2.05. The normalized spacial score (nSPS) is 24.1. The minimum atomic E-state index is 0.283. The molecule has 6 nitrogen and oxygen atoms in total. The van der Waals surface area contributed by atoms with Crippen LogP contribution in [0, 0.1) is 13.8 Å². The van der Waals surface area contributed by atoms with Crippen molar-refractivity contribution < 1.29 is 4.74 Å². The summed E-state index contributed by atoms with van der Waals surface area (Å²) in [5, 5.41) is 8.12. The van der Waals surface area contributed by atoms with Crippen LogP contribution in [0.15, 0.2) is 18.5 Å². The lowest BCUT2D eigenvalue weighted by atomic mass is 9.92. The predicted molar refractivity (Wildman–Crippen MR) is 102 cm³/mol. The smallest absolute Gasteiger partial charge is 0.174 e. The number of nitrogens with zero attached hydrogens (tertiary/aromatic N) is 4. The van der Waals surface area contributed by atoms with Gasteiger partial charge in [0.1, 0.15) is 5.82 Å². The van der Waals surface area contributed by atoms with Gasteiger partial charge in [-0.15, -0.1) is 0 Å². The topological polar surface area (TPSA) is 64.9 Å². The van der Waals surface area contributed by atoms with E-state index in [1.807, 2.05) is 24.6 Å². The van der Waals surface area contributed by atoms with Gasteiger partial charge in [-0.3, -0.25) is 4.98 Å². The zero-order valence-corrected chi connectivity index (χ0v) is 15.8. The average molecular weight is 355 g/mol. The van der Waals surface area contributed by atoms with E-state index in [2.05, 4.69) is 15.4 Å². The van der Waals surface area contributed by atoms with Gasteiger partial charge in [0.15, 0.2) is 5.82 Å². The fourth-order valence-electron chi connectivity index (χ4n) is 4.27. The third-order valence-corrected chi connectivity index (χ3v) is 5.55. The molecule has 26 heavy (non-hydrogen) atoms. The molecule has 0 amide bonds. The fourth-order valence-corrected chi connectivity index (χ4v) is 4.27. The molecule has 2 heterocycles.